The molecule has 4 nitrogen and oxygen atoms in total. The van der Waals surface area contributed by atoms with Crippen molar-refractivity contribution in [2.75, 3.05) is 31.1 Å². The number of thiazole rings is 1. The number of rotatable bonds is 5. The second kappa shape index (κ2) is 6.10. The fourth-order valence-electron chi connectivity index (χ4n) is 1.16. The lowest BCUT2D eigenvalue weighted by Crippen LogP contribution is -2.30. The van der Waals surface area contributed by atoms with Gasteiger partial charge in [0.25, 0.3) is 0 Å². The van der Waals surface area contributed by atoms with Crippen molar-refractivity contribution >= 4 is 34.2 Å². The Kier molecular flexibility index (Phi) is 5.08. The van der Waals surface area contributed by atoms with Gasteiger partial charge in [0.2, 0.25) is 0 Å². The molecule has 90 valence electrons. The van der Waals surface area contributed by atoms with E-state index in [1.807, 2.05) is 7.05 Å². The van der Waals surface area contributed by atoms with Crippen LogP contribution >= 0.6 is 23.1 Å². The van der Waals surface area contributed by atoms with Gasteiger partial charge < -0.3 is 9.64 Å². The molecule has 1 atom stereocenters. The minimum Gasteiger partial charge on any atom is -0.465 e. The van der Waals surface area contributed by atoms with E-state index in [-0.39, 0.29) is 5.97 Å². The molecule has 0 fully saturated rings. The van der Waals surface area contributed by atoms with Crippen LogP contribution in [0.2, 0.25) is 0 Å². The molecule has 1 aromatic heterocycles. The van der Waals surface area contributed by atoms with Crippen molar-refractivity contribution in [3.05, 3.63) is 11.1 Å². The van der Waals surface area contributed by atoms with E-state index < -0.39 is 0 Å². The molecule has 0 saturated heterocycles. The number of aromatic nitrogens is 1. The first-order valence-electron chi connectivity index (χ1n) is 4.86. The molecule has 0 aliphatic carbocycles. The highest BCUT2D eigenvalue weighted by molar-refractivity contribution is 7.98. The SMILES string of the molecule is COC(=O)c1cnc(N(C)C(C)CSC)s1. The molecule has 1 aromatic rings. The molecule has 0 radical (unpaired) electrons. The summed E-state index contributed by atoms with van der Waals surface area (Å²) in [5.74, 6) is 0.707. The molecule has 6 heteroatoms. The summed E-state index contributed by atoms with van der Waals surface area (Å²) in [6.45, 7) is 2.13. The van der Waals surface area contributed by atoms with E-state index in [9.17, 15) is 4.79 Å². The topological polar surface area (TPSA) is 42.4 Å². The van der Waals surface area contributed by atoms with Gasteiger partial charge in [0.15, 0.2) is 5.13 Å². The molecule has 0 aliphatic rings. The van der Waals surface area contributed by atoms with Gasteiger partial charge in [-0.1, -0.05) is 11.3 Å². The monoisotopic (exact) mass is 260 g/mol. The summed E-state index contributed by atoms with van der Waals surface area (Å²) < 4.78 is 4.65. The van der Waals surface area contributed by atoms with Crippen molar-refractivity contribution in [3.8, 4) is 0 Å². The van der Waals surface area contributed by atoms with E-state index in [4.69, 9.17) is 0 Å². The number of hydrogen-bond donors (Lipinski definition) is 0. The normalized spacial score (nSPS) is 12.2. The van der Waals surface area contributed by atoms with Gasteiger partial charge in [0.05, 0.1) is 13.3 Å². The zero-order valence-electron chi connectivity index (χ0n) is 9.89. The first-order chi connectivity index (χ1) is 7.60. The molecule has 0 N–H and O–H groups in total. The van der Waals surface area contributed by atoms with Crippen LogP contribution in [0.3, 0.4) is 0 Å². The first kappa shape index (κ1) is 13.3. The third-order valence-corrected chi connectivity index (χ3v) is 4.13. The average Bonchev–Trinajstić information content (AvgIpc) is 2.76. The number of hydrogen-bond acceptors (Lipinski definition) is 6. The van der Waals surface area contributed by atoms with Crippen LogP contribution in [0.15, 0.2) is 6.20 Å². The fourth-order valence-corrected chi connectivity index (χ4v) is 2.77. The summed E-state index contributed by atoms with van der Waals surface area (Å²) in [6.07, 6.45) is 3.64. The van der Waals surface area contributed by atoms with Crippen LogP contribution in [0.25, 0.3) is 0 Å². The number of thioether (sulfide) groups is 1. The second-order valence-electron chi connectivity index (χ2n) is 3.41. The van der Waals surface area contributed by atoms with E-state index in [0.717, 1.165) is 10.9 Å². The largest absolute Gasteiger partial charge is 0.465 e. The zero-order valence-corrected chi connectivity index (χ0v) is 11.5. The maximum absolute atomic E-state index is 11.3. The van der Waals surface area contributed by atoms with Gasteiger partial charge in [-0.05, 0) is 13.2 Å². The molecule has 1 unspecified atom stereocenters. The van der Waals surface area contributed by atoms with Crippen LogP contribution in [0.5, 0.6) is 0 Å². The number of nitrogens with zero attached hydrogens (tertiary/aromatic N) is 2. The summed E-state index contributed by atoms with van der Waals surface area (Å²) in [6, 6.07) is 0.395. The molecule has 0 aliphatic heterocycles. The third-order valence-electron chi connectivity index (χ3n) is 2.25. The van der Waals surface area contributed by atoms with E-state index in [1.165, 1.54) is 18.4 Å². The van der Waals surface area contributed by atoms with Crippen molar-refractivity contribution < 1.29 is 9.53 Å². The molecule has 0 spiro atoms. The lowest BCUT2D eigenvalue weighted by atomic mass is 10.4. The lowest BCUT2D eigenvalue weighted by Gasteiger charge is -2.23. The van der Waals surface area contributed by atoms with Gasteiger partial charge in [-0.2, -0.15) is 11.8 Å². The smallest absolute Gasteiger partial charge is 0.349 e. The Bertz CT molecular complexity index is 354. The molecule has 0 bridgehead atoms. The highest BCUT2D eigenvalue weighted by atomic mass is 32.2. The minimum atomic E-state index is -0.324. The van der Waals surface area contributed by atoms with Gasteiger partial charge in [0.1, 0.15) is 4.88 Å². The summed E-state index contributed by atoms with van der Waals surface area (Å²) in [4.78, 5) is 18.1. The Hall–Kier alpha value is -0.750. The van der Waals surface area contributed by atoms with Gasteiger partial charge >= 0.3 is 5.97 Å². The Labute approximate surface area is 104 Å². The molecule has 0 saturated carbocycles. The molecular formula is C10H16N2O2S2. The second-order valence-corrected chi connectivity index (χ2v) is 5.33. The summed E-state index contributed by atoms with van der Waals surface area (Å²) in [7, 11) is 3.36. The zero-order chi connectivity index (χ0) is 12.1. The Balaban J connectivity index is 2.73. The number of methoxy groups -OCH3 is 1. The number of esters is 1. The van der Waals surface area contributed by atoms with Gasteiger partial charge in [-0.15, -0.1) is 0 Å². The van der Waals surface area contributed by atoms with Crippen molar-refractivity contribution in [2.24, 2.45) is 0 Å². The van der Waals surface area contributed by atoms with Crippen molar-refractivity contribution in [3.63, 3.8) is 0 Å². The van der Waals surface area contributed by atoms with E-state index in [2.05, 4.69) is 27.8 Å². The van der Waals surface area contributed by atoms with Gasteiger partial charge in [-0.25, -0.2) is 9.78 Å². The molecule has 1 rings (SSSR count). The maximum atomic E-state index is 11.3. The summed E-state index contributed by atoms with van der Waals surface area (Å²) >= 11 is 3.15. The highest BCUT2D eigenvalue weighted by Gasteiger charge is 2.16. The summed E-state index contributed by atoms with van der Waals surface area (Å²) in [5, 5.41) is 0.849. The molecule has 16 heavy (non-hydrogen) atoms. The van der Waals surface area contributed by atoms with Crippen molar-refractivity contribution in [1.82, 2.24) is 4.98 Å². The lowest BCUT2D eigenvalue weighted by molar-refractivity contribution is 0.0606. The van der Waals surface area contributed by atoms with E-state index in [1.54, 1.807) is 18.0 Å². The van der Waals surface area contributed by atoms with Gasteiger partial charge in [0, 0.05) is 18.8 Å². The Morgan fingerprint density at radius 2 is 2.44 bits per heavy atom. The van der Waals surface area contributed by atoms with Crippen LogP contribution < -0.4 is 4.90 Å². The number of ether oxygens (including phenoxy) is 1. The molecule has 1 heterocycles. The van der Waals surface area contributed by atoms with Crippen LogP contribution in [-0.4, -0.2) is 43.2 Å². The van der Waals surface area contributed by atoms with Crippen LogP contribution in [0.4, 0.5) is 5.13 Å². The third kappa shape index (κ3) is 3.12. The molecule has 0 aromatic carbocycles. The van der Waals surface area contributed by atoms with E-state index >= 15 is 0 Å². The molecular weight excluding hydrogens is 244 g/mol. The predicted octanol–water partition coefficient (Wildman–Crippen LogP) is 2.12. The number of carbonyl (C=O) groups excluding carboxylic acids is 1. The van der Waals surface area contributed by atoms with Crippen LogP contribution in [-0.2, 0) is 4.74 Å². The maximum Gasteiger partial charge on any atom is 0.349 e. The number of anilines is 1. The number of carbonyl (C=O) groups is 1. The Morgan fingerprint density at radius 3 is 3.00 bits per heavy atom. The van der Waals surface area contributed by atoms with Crippen molar-refractivity contribution in [1.29, 1.82) is 0 Å². The molecule has 0 amide bonds. The van der Waals surface area contributed by atoms with E-state index in [0.29, 0.717) is 10.9 Å². The predicted molar refractivity (Wildman–Crippen MR) is 69.7 cm³/mol. The standard InChI is InChI=1S/C10H16N2O2S2/c1-7(6-15-4)12(2)10-11-5-8(16-10)9(13)14-3/h5,7H,6H2,1-4H3. The minimum absolute atomic E-state index is 0.324. The van der Waals surface area contributed by atoms with Crippen LogP contribution in [0, 0.1) is 0 Å². The first-order valence-corrected chi connectivity index (χ1v) is 7.07. The highest BCUT2D eigenvalue weighted by Crippen LogP contribution is 2.24. The Morgan fingerprint density at radius 1 is 1.75 bits per heavy atom. The van der Waals surface area contributed by atoms with Crippen LogP contribution in [0.1, 0.15) is 16.6 Å². The van der Waals surface area contributed by atoms with Crippen molar-refractivity contribution in [2.45, 2.75) is 13.0 Å². The quantitative estimate of drug-likeness (QED) is 0.759. The average molecular weight is 260 g/mol. The van der Waals surface area contributed by atoms with Gasteiger partial charge in [-0.3, -0.25) is 0 Å². The summed E-state index contributed by atoms with van der Waals surface area (Å²) in [5.41, 5.74) is 0. The fraction of sp³-hybridized carbons (Fsp3) is 0.600.